The van der Waals surface area contributed by atoms with Crippen LogP contribution in [0.2, 0.25) is 0 Å². The first-order valence-corrected chi connectivity index (χ1v) is 6.41. The summed E-state index contributed by atoms with van der Waals surface area (Å²) in [7, 11) is 1.95. The maximum absolute atomic E-state index is 5.87. The summed E-state index contributed by atoms with van der Waals surface area (Å²) in [5, 5.41) is 4.42. The second kappa shape index (κ2) is 5.83. The molecule has 1 atom stereocenters. The van der Waals surface area contributed by atoms with E-state index in [4.69, 9.17) is 5.73 Å². The monoisotopic (exact) mass is 243 g/mol. The maximum atomic E-state index is 5.87. The van der Waals surface area contributed by atoms with Gasteiger partial charge in [0.1, 0.15) is 0 Å². The summed E-state index contributed by atoms with van der Waals surface area (Å²) in [4.78, 5) is 0. The lowest BCUT2D eigenvalue weighted by Crippen LogP contribution is -2.19. The van der Waals surface area contributed by atoms with Gasteiger partial charge in [0.05, 0.1) is 5.69 Å². The van der Waals surface area contributed by atoms with Crippen molar-refractivity contribution in [3.05, 3.63) is 53.3 Å². The van der Waals surface area contributed by atoms with Crippen LogP contribution in [0.3, 0.4) is 0 Å². The van der Waals surface area contributed by atoms with Crippen LogP contribution in [0.1, 0.15) is 16.8 Å². The minimum absolute atomic E-state index is 0.461. The van der Waals surface area contributed by atoms with Gasteiger partial charge in [0, 0.05) is 13.2 Å². The van der Waals surface area contributed by atoms with E-state index in [0.29, 0.717) is 12.5 Å². The Balaban J connectivity index is 1.99. The molecule has 3 nitrogen and oxygen atoms in total. The predicted molar refractivity (Wildman–Crippen MR) is 74.3 cm³/mol. The van der Waals surface area contributed by atoms with Crippen molar-refractivity contribution in [2.75, 3.05) is 6.54 Å². The molecular formula is C15H21N3. The van der Waals surface area contributed by atoms with Crippen molar-refractivity contribution in [3.63, 3.8) is 0 Å². The number of aryl methyl sites for hydroxylation is 2. The number of nitrogens with zero attached hydrogens (tertiary/aromatic N) is 2. The molecule has 0 saturated heterocycles. The van der Waals surface area contributed by atoms with E-state index in [1.165, 1.54) is 11.1 Å². The first-order chi connectivity index (χ1) is 8.67. The fourth-order valence-corrected chi connectivity index (χ4v) is 2.16. The maximum Gasteiger partial charge on any atom is 0.0627 e. The van der Waals surface area contributed by atoms with Crippen molar-refractivity contribution in [2.24, 2.45) is 18.7 Å². The molecule has 2 N–H and O–H groups in total. The average molecular weight is 243 g/mol. The summed E-state index contributed by atoms with van der Waals surface area (Å²) in [5.74, 6) is 0.461. The Kier molecular flexibility index (Phi) is 4.15. The molecule has 2 rings (SSSR count). The quantitative estimate of drug-likeness (QED) is 0.874. The molecule has 0 aliphatic heterocycles. The highest BCUT2D eigenvalue weighted by Crippen LogP contribution is 2.13. The van der Waals surface area contributed by atoms with Gasteiger partial charge in [0.25, 0.3) is 0 Å². The third-order valence-corrected chi connectivity index (χ3v) is 3.24. The van der Waals surface area contributed by atoms with E-state index < -0.39 is 0 Å². The van der Waals surface area contributed by atoms with Crippen molar-refractivity contribution < 1.29 is 0 Å². The molecular weight excluding hydrogens is 222 g/mol. The van der Waals surface area contributed by atoms with Crippen LogP contribution in [0.5, 0.6) is 0 Å². The lowest BCUT2D eigenvalue weighted by atomic mass is 9.94. The molecule has 0 saturated carbocycles. The molecule has 1 unspecified atom stereocenters. The van der Waals surface area contributed by atoms with Gasteiger partial charge in [-0.1, -0.05) is 29.8 Å². The van der Waals surface area contributed by atoms with E-state index >= 15 is 0 Å². The van der Waals surface area contributed by atoms with Crippen LogP contribution in [-0.4, -0.2) is 16.3 Å². The predicted octanol–water partition coefficient (Wildman–Crippen LogP) is 2.09. The number of nitrogens with two attached hydrogens (primary N) is 1. The Morgan fingerprint density at radius 2 is 1.89 bits per heavy atom. The van der Waals surface area contributed by atoms with E-state index in [9.17, 15) is 0 Å². The number of aromatic nitrogens is 2. The van der Waals surface area contributed by atoms with E-state index in [0.717, 1.165) is 18.5 Å². The minimum Gasteiger partial charge on any atom is -0.330 e. The number of benzene rings is 1. The van der Waals surface area contributed by atoms with Gasteiger partial charge >= 0.3 is 0 Å². The Hall–Kier alpha value is -1.61. The molecule has 18 heavy (non-hydrogen) atoms. The van der Waals surface area contributed by atoms with Crippen LogP contribution in [0.25, 0.3) is 0 Å². The topological polar surface area (TPSA) is 43.8 Å². The SMILES string of the molecule is Cc1ccc(CC(CN)Cc2ccn(C)n2)cc1. The molecule has 0 spiro atoms. The largest absolute Gasteiger partial charge is 0.330 e. The van der Waals surface area contributed by atoms with Gasteiger partial charge in [-0.3, -0.25) is 4.68 Å². The number of rotatable bonds is 5. The summed E-state index contributed by atoms with van der Waals surface area (Å²) < 4.78 is 1.84. The zero-order chi connectivity index (χ0) is 13.0. The molecule has 1 aromatic carbocycles. The summed E-state index contributed by atoms with van der Waals surface area (Å²) in [5.41, 5.74) is 9.65. The molecule has 1 heterocycles. The highest BCUT2D eigenvalue weighted by atomic mass is 15.2. The van der Waals surface area contributed by atoms with Crippen LogP contribution in [0.15, 0.2) is 36.5 Å². The summed E-state index contributed by atoms with van der Waals surface area (Å²) in [6.45, 7) is 2.81. The standard InChI is InChI=1S/C15H21N3/c1-12-3-5-13(6-4-12)9-14(11-16)10-15-7-8-18(2)17-15/h3-8,14H,9-11,16H2,1-2H3. The fraction of sp³-hybridized carbons (Fsp3) is 0.400. The van der Waals surface area contributed by atoms with Gasteiger partial charge in [-0.15, -0.1) is 0 Å². The Morgan fingerprint density at radius 1 is 1.17 bits per heavy atom. The molecule has 2 aromatic rings. The first-order valence-electron chi connectivity index (χ1n) is 6.41. The summed E-state index contributed by atoms with van der Waals surface area (Å²) >= 11 is 0. The van der Waals surface area contributed by atoms with Crippen LogP contribution in [0, 0.1) is 12.8 Å². The van der Waals surface area contributed by atoms with Crippen LogP contribution < -0.4 is 5.73 Å². The molecule has 0 aliphatic carbocycles. The third-order valence-electron chi connectivity index (χ3n) is 3.24. The van der Waals surface area contributed by atoms with Crippen molar-refractivity contribution in [3.8, 4) is 0 Å². The second-order valence-electron chi connectivity index (χ2n) is 4.98. The first kappa shape index (κ1) is 12.8. The van der Waals surface area contributed by atoms with Crippen molar-refractivity contribution in [1.29, 1.82) is 0 Å². The molecule has 3 heteroatoms. The minimum atomic E-state index is 0.461. The van der Waals surface area contributed by atoms with Crippen LogP contribution >= 0.6 is 0 Å². The van der Waals surface area contributed by atoms with E-state index in [1.807, 2.05) is 17.9 Å². The van der Waals surface area contributed by atoms with Gasteiger partial charge in [0.15, 0.2) is 0 Å². The van der Waals surface area contributed by atoms with Crippen molar-refractivity contribution in [2.45, 2.75) is 19.8 Å². The van der Waals surface area contributed by atoms with Gasteiger partial charge in [0.2, 0.25) is 0 Å². The van der Waals surface area contributed by atoms with Crippen molar-refractivity contribution >= 4 is 0 Å². The van der Waals surface area contributed by atoms with Crippen LogP contribution in [0.4, 0.5) is 0 Å². The van der Waals surface area contributed by atoms with Gasteiger partial charge in [-0.05, 0) is 43.9 Å². The summed E-state index contributed by atoms with van der Waals surface area (Å²) in [6.07, 6.45) is 3.95. The highest BCUT2D eigenvalue weighted by Gasteiger charge is 2.10. The fourth-order valence-electron chi connectivity index (χ4n) is 2.16. The Bertz CT molecular complexity index is 485. The molecule has 0 aliphatic rings. The molecule has 0 radical (unpaired) electrons. The molecule has 0 amide bonds. The zero-order valence-electron chi connectivity index (χ0n) is 11.1. The third kappa shape index (κ3) is 3.44. The van der Waals surface area contributed by atoms with Gasteiger partial charge in [-0.2, -0.15) is 5.10 Å². The second-order valence-corrected chi connectivity index (χ2v) is 4.98. The van der Waals surface area contributed by atoms with E-state index in [-0.39, 0.29) is 0 Å². The average Bonchev–Trinajstić information content (AvgIpc) is 2.77. The van der Waals surface area contributed by atoms with Gasteiger partial charge in [-0.25, -0.2) is 0 Å². The molecule has 0 bridgehead atoms. The lowest BCUT2D eigenvalue weighted by Gasteiger charge is -2.13. The number of hydrogen-bond acceptors (Lipinski definition) is 2. The molecule has 1 aromatic heterocycles. The van der Waals surface area contributed by atoms with Crippen molar-refractivity contribution in [1.82, 2.24) is 9.78 Å². The Labute approximate surface area is 109 Å². The molecule has 0 fully saturated rings. The van der Waals surface area contributed by atoms with Gasteiger partial charge < -0.3 is 5.73 Å². The van der Waals surface area contributed by atoms with Crippen LogP contribution in [-0.2, 0) is 19.9 Å². The van der Waals surface area contributed by atoms with E-state index in [2.05, 4.69) is 42.4 Å². The smallest absolute Gasteiger partial charge is 0.0627 e. The number of hydrogen-bond donors (Lipinski definition) is 1. The van der Waals surface area contributed by atoms with E-state index in [1.54, 1.807) is 0 Å². The lowest BCUT2D eigenvalue weighted by molar-refractivity contribution is 0.522. The Morgan fingerprint density at radius 3 is 2.44 bits per heavy atom. The highest BCUT2D eigenvalue weighted by molar-refractivity contribution is 5.22. The normalized spacial score (nSPS) is 12.6. The molecule has 96 valence electrons. The zero-order valence-corrected chi connectivity index (χ0v) is 11.1. The summed E-state index contributed by atoms with van der Waals surface area (Å²) in [6, 6.07) is 10.8.